The van der Waals surface area contributed by atoms with Crippen LogP contribution >= 0.6 is 11.6 Å². The molecule has 0 aromatic carbocycles. The molecule has 0 amide bonds. The fourth-order valence-corrected chi connectivity index (χ4v) is 3.81. The average molecular weight is 421 g/mol. The van der Waals surface area contributed by atoms with Crippen molar-refractivity contribution < 1.29 is 14.6 Å². The molecule has 8 nitrogen and oxygen atoms in total. The van der Waals surface area contributed by atoms with E-state index in [2.05, 4.69) is 30.2 Å². The van der Waals surface area contributed by atoms with Crippen molar-refractivity contribution >= 4 is 28.5 Å². The Morgan fingerprint density at radius 1 is 1.38 bits per heavy atom. The van der Waals surface area contributed by atoms with Gasteiger partial charge in [0, 0.05) is 42.5 Å². The van der Waals surface area contributed by atoms with Gasteiger partial charge in [-0.15, -0.1) is 0 Å². The van der Waals surface area contributed by atoms with E-state index in [-0.39, 0.29) is 18.5 Å². The summed E-state index contributed by atoms with van der Waals surface area (Å²) in [6.07, 6.45) is 5.41. The summed E-state index contributed by atoms with van der Waals surface area (Å²) in [4.78, 5) is 17.8. The number of β-amino-alcohol motifs (C(OH)–C–C–N with tert-alkyl or cyclic N) is 1. The fourth-order valence-electron chi connectivity index (χ4n) is 3.65. The predicted octanol–water partition coefficient (Wildman–Crippen LogP) is 2.04. The minimum Gasteiger partial charge on any atom is -0.394 e. The number of hydrogen-bond acceptors (Lipinski definition) is 7. The first kappa shape index (κ1) is 20.0. The molecular weight excluding hydrogens is 399 g/mol. The molecule has 3 aromatic rings. The number of aromatic nitrogens is 4. The molecule has 1 aliphatic heterocycles. The van der Waals surface area contributed by atoms with Gasteiger partial charge in [-0.05, 0) is 25.5 Å². The number of likely N-dealkylation sites (tertiary alicyclic amines) is 1. The highest BCUT2D eigenvalue weighted by Gasteiger charge is 2.23. The monoisotopic (exact) mass is 420 g/mol. The number of nitrogens with one attached hydrogen (secondary N) is 2. The van der Waals surface area contributed by atoms with Crippen LogP contribution in [-0.4, -0.2) is 73.4 Å². The average Bonchev–Trinajstić information content (AvgIpc) is 3.13. The molecule has 4 N–H and O–H groups in total. The molecule has 1 saturated heterocycles. The molecule has 0 spiro atoms. The Balaban J connectivity index is 1.55. The summed E-state index contributed by atoms with van der Waals surface area (Å²) in [6, 6.07) is 1.74. The number of hydrogen-bond donors (Lipinski definition) is 4. The first-order chi connectivity index (χ1) is 14.0. The quantitative estimate of drug-likeness (QED) is 0.483. The molecule has 0 radical (unpaired) electrons. The van der Waals surface area contributed by atoms with Crippen LogP contribution in [0.3, 0.4) is 0 Å². The smallest absolute Gasteiger partial charge is 0.183 e. The van der Waals surface area contributed by atoms with Crippen LogP contribution < -0.4 is 5.32 Å². The predicted molar refractivity (Wildman–Crippen MR) is 108 cm³/mol. The lowest BCUT2D eigenvalue weighted by molar-refractivity contribution is 0.0517. The van der Waals surface area contributed by atoms with Crippen molar-refractivity contribution in [2.75, 3.05) is 31.6 Å². The Bertz CT molecular complexity index is 1000. The summed E-state index contributed by atoms with van der Waals surface area (Å²) < 4.78 is 14.4. The first-order valence-corrected chi connectivity index (χ1v) is 9.84. The molecule has 1 aliphatic rings. The largest absolute Gasteiger partial charge is 0.394 e. The van der Waals surface area contributed by atoms with E-state index >= 15 is 0 Å². The molecule has 1 fully saturated rings. The zero-order chi connectivity index (χ0) is 20.4. The van der Waals surface area contributed by atoms with Crippen molar-refractivity contribution in [2.45, 2.75) is 25.0 Å². The fraction of sp³-hybridized carbons (Fsp3) is 0.421. The van der Waals surface area contributed by atoms with Gasteiger partial charge in [0.05, 0.1) is 23.9 Å². The molecule has 0 saturated carbocycles. The number of rotatable bonds is 6. The van der Waals surface area contributed by atoms with Crippen LogP contribution in [0.15, 0.2) is 24.7 Å². The summed E-state index contributed by atoms with van der Waals surface area (Å²) in [7, 11) is 0. The van der Waals surface area contributed by atoms with E-state index in [0.29, 0.717) is 35.1 Å². The van der Waals surface area contributed by atoms with E-state index in [0.717, 1.165) is 31.0 Å². The summed E-state index contributed by atoms with van der Waals surface area (Å²) in [5.74, 6) is -0.0289. The Morgan fingerprint density at radius 2 is 2.24 bits per heavy atom. The first-order valence-electron chi connectivity index (χ1n) is 9.47. The highest BCUT2D eigenvalue weighted by molar-refractivity contribution is 6.31. The van der Waals surface area contributed by atoms with Crippen molar-refractivity contribution in [3.63, 3.8) is 0 Å². The van der Waals surface area contributed by atoms with Crippen LogP contribution in [0, 0.1) is 5.82 Å². The molecule has 154 valence electrons. The lowest BCUT2D eigenvalue weighted by atomic mass is 10.1. The van der Waals surface area contributed by atoms with Gasteiger partial charge in [-0.2, -0.15) is 0 Å². The number of H-pyrrole nitrogens is 1. The maximum Gasteiger partial charge on any atom is 0.183 e. The van der Waals surface area contributed by atoms with Crippen LogP contribution in [0.2, 0.25) is 5.02 Å². The van der Waals surface area contributed by atoms with Crippen molar-refractivity contribution in [2.24, 2.45) is 0 Å². The number of pyridine rings is 1. The number of halogens is 2. The molecule has 0 unspecified atom stereocenters. The van der Waals surface area contributed by atoms with Crippen molar-refractivity contribution in [3.05, 3.63) is 35.5 Å². The van der Waals surface area contributed by atoms with Gasteiger partial charge in [0.25, 0.3) is 0 Å². The third-order valence-corrected chi connectivity index (χ3v) is 5.22. The second kappa shape index (κ2) is 8.58. The maximum absolute atomic E-state index is 14.4. The Kier molecular flexibility index (Phi) is 5.91. The van der Waals surface area contributed by atoms with E-state index in [9.17, 15) is 9.50 Å². The van der Waals surface area contributed by atoms with Crippen molar-refractivity contribution in [1.29, 1.82) is 0 Å². The minimum absolute atomic E-state index is 0.0222. The van der Waals surface area contributed by atoms with Gasteiger partial charge in [0.1, 0.15) is 5.65 Å². The molecule has 29 heavy (non-hydrogen) atoms. The second-order valence-electron chi connectivity index (χ2n) is 7.22. The lowest BCUT2D eigenvalue weighted by Gasteiger charge is -2.34. The topological polar surface area (TPSA) is 110 Å². The number of aliphatic hydroxyl groups is 2. The van der Waals surface area contributed by atoms with Gasteiger partial charge < -0.3 is 20.5 Å². The Labute approximate surface area is 171 Å². The summed E-state index contributed by atoms with van der Waals surface area (Å²) in [5, 5.41) is 23.1. The zero-order valence-corrected chi connectivity index (χ0v) is 16.4. The molecule has 10 heteroatoms. The van der Waals surface area contributed by atoms with Crippen LogP contribution in [0.4, 0.5) is 10.2 Å². The number of piperidine rings is 1. The van der Waals surface area contributed by atoms with Gasteiger partial charge in [-0.25, -0.2) is 19.3 Å². The Hall–Kier alpha value is -2.33. The number of aliphatic hydroxyl groups excluding tert-OH is 2. The summed E-state index contributed by atoms with van der Waals surface area (Å²) >= 11 is 6.05. The zero-order valence-electron chi connectivity index (χ0n) is 15.6. The number of aromatic amines is 1. The van der Waals surface area contributed by atoms with Crippen molar-refractivity contribution in [1.82, 2.24) is 24.8 Å². The molecule has 0 bridgehead atoms. The lowest BCUT2D eigenvalue weighted by Crippen LogP contribution is -2.45. The molecule has 0 aliphatic carbocycles. The molecule has 4 rings (SSSR count). The van der Waals surface area contributed by atoms with E-state index in [1.165, 1.54) is 0 Å². The number of anilines is 1. The SMILES string of the molecule is OC[C@@H](O)CN1CCC[C@H](Nc2nc(-c3c[nH]c4ncc(Cl)cc34)ncc2F)C1. The van der Waals surface area contributed by atoms with E-state index in [1.54, 1.807) is 18.5 Å². The van der Waals surface area contributed by atoms with Gasteiger partial charge in [0.15, 0.2) is 17.5 Å². The third-order valence-electron chi connectivity index (χ3n) is 5.01. The highest BCUT2D eigenvalue weighted by Crippen LogP contribution is 2.28. The maximum atomic E-state index is 14.4. The van der Waals surface area contributed by atoms with Crippen LogP contribution in [-0.2, 0) is 0 Å². The second-order valence-corrected chi connectivity index (χ2v) is 7.66. The van der Waals surface area contributed by atoms with E-state index < -0.39 is 11.9 Å². The van der Waals surface area contributed by atoms with Gasteiger partial charge >= 0.3 is 0 Å². The van der Waals surface area contributed by atoms with Crippen LogP contribution in [0.25, 0.3) is 22.4 Å². The van der Waals surface area contributed by atoms with Gasteiger partial charge in [0.2, 0.25) is 0 Å². The highest BCUT2D eigenvalue weighted by atomic mass is 35.5. The van der Waals surface area contributed by atoms with E-state index in [1.807, 2.05) is 0 Å². The van der Waals surface area contributed by atoms with Gasteiger partial charge in [-0.3, -0.25) is 4.90 Å². The van der Waals surface area contributed by atoms with Crippen LogP contribution in [0.1, 0.15) is 12.8 Å². The molecule has 3 aromatic heterocycles. The normalized spacial score (nSPS) is 18.8. The molecule has 2 atom stereocenters. The Morgan fingerprint density at radius 3 is 3.07 bits per heavy atom. The molecular formula is C19H22ClFN6O2. The van der Waals surface area contributed by atoms with Gasteiger partial charge in [-0.1, -0.05) is 11.6 Å². The van der Waals surface area contributed by atoms with Crippen molar-refractivity contribution in [3.8, 4) is 11.4 Å². The summed E-state index contributed by atoms with van der Waals surface area (Å²) in [6.45, 7) is 1.57. The van der Waals surface area contributed by atoms with E-state index in [4.69, 9.17) is 16.7 Å². The minimum atomic E-state index is -0.779. The number of nitrogens with zero attached hydrogens (tertiary/aromatic N) is 4. The van der Waals surface area contributed by atoms with Crippen LogP contribution in [0.5, 0.6) is 0 Å². The molecule has 4 heterocycles. The summed E-state index contributed by atoms with van der Waals surface area (Å²) in [5.41, 5.74) is 1.34. The third kappa shape index (κ3) is 4.48. The number of fused-ring (bicyclic) bond motifs is 1. The standard InChI is InChI=1S/C19H22ClFN6O2/c20-11-4-14-15(6-23-17(14)22-5-11)18-24-7-16(21)19(26-18)25-12-2-1-3-27(8-12)9-13(29)10-28/h4-7,12-13,28-29H,1-3,8-10H2,(H,22,23)(H,24,25,26)/t12-,13-/m0/s1.